The van der Waals surface area contributed by atoms with E-state index in [9.17, 15) is 9.59 Å². The highest BCUT2D eigenvalue weighted by molar-refractivity contribution is 5.95. The van der Waals surface area contributed by atoms with Gasteiger partial charge in [-0.1, -0.05) is 13.8 Å². The minimum atomic E-state index is -0.934. The zero-order valence-corrected chi connectivity index (χ0v) is 14.4. The molecular formula is C18H23N3O3. The lowest BCUT2D eigenvalue weighted by molar-refractivity contribution is -0.138. The first-order valence-electron chi connectivity index (χ1n) is 7.88. The maximum atomic E-state index is 12.5. The molecule has 1 heterocycles. The topological polar surface area (TPSA) is 84.2 Å². The average molecular weight is 329 g/mol. The minimum absolute atomic E-state index is 0.0106. The van der Waals surface area contributed by atoms with Crippen molar-refractivity contribution < 1.29 is 14.7 Å². The van der Waals surface area contributed by atoms with Crippen molar-refractivity contribution in [1.29, 1.82) is 0 Å². The fraction of sp³-hybridized carbons (Fsp3) is 0.389. The molecule has 1 aromatic carbocycles. The van der Waals surface area contributed by atoms with E-state index in [2.05, 4.69) is 10.4 Å². The second kappa shape index (κ2) is 6.86. The molecule has 1 amide bonds. The van der Waals surface area contributed by atoms with E-state index in [0.717, 1.165) is 11.4 Å². The van der Waals surface area contributed by atoms with E-state index in [1.807, 2.05) is 39.0 Å². The SMILES string of the molecule is Cc1ccnn1-c1ccc(C(=O)NC(C)(CC(=O)O)C(C)C)cc1. The molecular weight excluding hydrogens is 306 g/mol. The number of nitrogens with zero attached hydrogens (tertiary/aromatic N) is 2. The van der Waals surface area contributed by atoms with Crippen molar-refractivity contribution in [2.45, 2.75) is 39.7 Å². The van der Waals surface area contributed by atoms with Crippen LogP contribution in [0.4, 0.5) is 0 Å². The smallest absolute Gasteiger partial charge is 0.305 e. The predicted molar refractivity (Wildman–Crippen MR) is 91.3 cm³/mol. The minimum Gasteiger partial charge on any atom is -0.481 e. The summed E-state index contributed by atoms with van der Waals surface area (Å²) in [6.45, 7) is 7.50. The first-order chi connectivity index (χ1) is 11.2. The van der Waals surface area contributed by atoms with Gasteiger partial charge in [-0.2, -0.15) is 5.10 Å². The highest BCUT2D eigenvalue weighted by Crippen LogP contribution is 2.22. The molecule has 2 rings (SSSR count). The molecule has 2 N–H and O–H groups in total. The molecule has 1 aromatic heterocycles. The van der Waals surface area contributed by atoms with E-state index < -0.39 is 11.5 Å². The number of amides is 1. The molecule has 0 aliphatic rings. The maximum absolute atomic E-state index is 12.5. The van der Waals surface area contributed by atoms with Gasteiger partial charge in [0.25, 0.3) is 5.91 Å². The summed E-state index contributed by atoms with van der Waals surface area (Å²) >= 11 is 0. The van der Waals surface area contributed by atoms with Crippen LogP contribution >= 0.6 is 0 Å². The molecule has 128 valence electrons. The van der Waals surface area contributed by atoms with Crippen LogP contribution in [0.5, 0.6) is 0 Å². The third-order valence-electron chi connectivity index (χ3n) is 4.40. The Kier molecular flexibility index (Phi) is 5.07. The molecule has 0 aliphatic carbocycles. The monoisotopic (exact) mass is 329 g/mol. The number of carbonyl (C=O) groups excluding carboxylic acids is 1. The number of carboxylic acid groups (broad SMARTS) is 1. The summed E-state index contributed by atoms with van der Waals surface area (Å²) in [6.07, 6.45) is 1.59. The van der Waals surface area contributed by atoms with E-state index in [0.29, 0.717) is 5.56 Å². The summed E-state index contributed by atoms with van der Waals surface area (Å²) in [5.74, 6) is -1.23. The van der Waals surface area contributed by atoms with E-state index in [-0.39, 0.29) is 18.2 Å². The summed E-state index contributed by atoms with van der Waals surface area (Å²) in [5, 5.41) is 16.2. The highest BCUT2D eigenvalue weighted by atomic mass is 16.4. The molecule has 24 heavy (non-hydrogen) atoms. The molecule has 1 atom stereocenters. The van der Waals surface area contributed by atoms with E-state index in [1.165, 1.54) is 0 Å². The molecule has 0 spiro atoms. The van der Waals surface area contributed by atoms with Crippen LogP contribution in [0.25, 0.3) is 5.69 Å². The molecule has 1 unspecified atom stereocenters. The summed E-state index contributed by atoms with van der Waals surface area (Å²) in [6, 6.07) is 8.97. The summed E-state index contributed by atoms with van der Waals surface area (Å²) in [4.78, 5) is 23.6. The normalized spacial score (nSPS) is 13.5. The van der Waals surface area contributed by atoms with Crippen LogP contribution in [-0.2, 0) is 4.79 Å². The first-order valence-corrected chi connectivity index (χ1v) is 7.88. The summed E-state index contributed by atoms with van der Waals surface area (Å²) < 4.78 is 1.78. The fourth-order valence-corrected chi connectivity index (χ4v) is 2.43. The van der Waals surface area contributed by atoms with Crippen molar-refractivity contribution >= 4 is 11.9 Å². The van der Waals surface area contributed by atoms with Crippen LogP contribution < -0.4 is 5.32 Å². The number of aromatic nitrogens is 2. The van der Waals surface area contributed by atoms with Crippen LogP contribution in [-0.4, -0.2) is 32.3 Å². The zero-order chi connectivity index (χ0) is 17.9. The van der Waals surface area contributed by atoms with Gasteiger partial charge in [0.1, 0.15) is 0 Å². The molecule has 0 fully saturated rings. The van der Waals surface area contributed by atoms with Crippen LogP contribution in [0, 0.1) is 12.8 Å². The van der Waals surface area contributed by atoms with Crippen molar-refractivity contribution in [3.8, 4) is 5.69 Å². The third-order valence-corrected chi connectivity index (χ3v) is 4.40. The number of aliphatic carboxylic acids is 1. The molecule has 2 aromatic rings. The fourth-order valence-electron chi connectivity index (χ4n) is 2.43. The number of aryl methyl sites for hydroxylation is 1. The van der Waals surface area contributed by atoms with Crippen LogP contribution in [0.3, 0.4) is 0 Å². The second-order valence-electron chi connectivity index (χ2n) is 6.53. The number of hydrogen-bond acceptors (Lipinski definition) is 3. The molecule has 6 heteroatoms. The lowest BCUT2D eigenvalue weighted by Crippen LogP contribution is -2.51. The Morgan fingerprint density at radius 3 is 2.33 bits per heavy atom. The van der Waals surface area contributed by atoms with Crippen molar-refractivity contribution in [1.82, 2.24) is 15.1 Å². The van der Waals surface area contributed by atoms with E-state index >= 15 is 0 Å². The Morgan fingerprint density at radius 2 is 1.88 bits per heavy atom. The quantitative estimate of drug-likeness (QED) is 0.853. The van der Waals surface area contributed by atoms with Gasteiger partial charge in [0.05, 0.1) is 17.6 Å². The number of carbonyl (C=O) groups is 2. The van der Waals surface area contributed by atoms with Gasteiger partial charge in [0, 0.05) is 17.5 Å². The van der Waals surface area contributed by atoms with Gasteiger partial charge < -0.3 is 10.4 Å². The average Bonchev–Trinajstić information content (AvgIpc) is 2.92. The number of nitrogens with one attached hydrogen (secondary N) is 1. The lowest BCUT2D eigenvalue weighted by atomic mass is 9.85. The van der Waals surface area contributed by atoms with Gasteiger partial charge in [-0.05, 0) is 50.1 Å². The van der Waals surface area contributed by atoms with Gasteiger partial charge in [-0.3, -0.25) is 9.59 Å². The number of carboxylic acids is 1. The van der Waals surface area contributed by atoms with Crippen LogP contribution in [0.2, 0.25) is 0 Å². The van der Waals surface area contributed by atoms with Gasteiger partial charge in [-0.25, -0.2) is 4.68 Å². The Morgan fingerprint density at radius 1 is 1.25 bits per heavy atom. The van der Waals surface area contributed by atoms with E-state index in [1.54, 1.807) is 29.9 Å². The van der Waals surface area contributed by atoms with Crippen molar-refractivity contribution in [2.75, 3.05) is 0 Å². The van der Waals surface area contributed by atoms with Crippen molar-refractivity contribution in [3.63, 3.8) is 0 Å². The van der Waals surface area contributed by atoms with Gasteiger partial charge in [0.2, 0.25) is 0 Å². The standard InChI is InChI=1S/C18H23N3O3/c1-12(2)18(4,11-16(22)23)20-17(24)14-5-7-15(8-6-14)21-13(3)9-10-19-21/h5-10,12H,11H2,1-4H3,(H,20,24)(H,22,23). The van der Waals surface area contributed by atoms with Crippen molar-refractivity contribution in [3.05, 3.63) is 47.8 Å². The Bertz CT molecular complexity index is 734. The number of benzene rings is 1. The summed E-state index contributed by atoms with van der Waals surface area (Å²) in [7, 11) is 0. The zero-order valence-electron chi connectivity index (χ0n) is 14.4. The number of rotatable bonds is 6. The predicted octanol–water partition coefficient (Wildman–Crippen LogP) is 2.80. The lowest BCUT2D eigenvalue weighted by Gasteiger charge is -2.33. The summed E-state index contributed by atoms with van der Waals surface area (Å²) in [5.41, 5.74) is 1.55. The van der Waals surface area contributed by atoms with Gasteiger partial charge >= 0.3 is 5.97 Å². The van der Waals surface area contributed by atoms with E-state index in [4.69, 9.17) is 5.11 Å². The first kappa shape index (κ1) is 17.7. The second-order valence-corrected chi connectivity index (χ2v) is 6.53. The molecule has 0 aliphatic heterocycles. The Hall–Kier alpha value is -2.63. The Balaban J connectivity index is 2.18. The van der Waals surface area contributed by atoms with Gasteiger partial charge in [-0.15, -0.1) is 0 Å². The molecule has 0 bridgehead atoms. The Labute approximate surface area is 141 Å². The largest absolute Gasteiger partial charge is 0.481 e. The van der Waals surface area contributed by atoms with Crippen LogP contribution in [0.15, 0.2) is 36.5 Å². The molecule has 0 saturated carbocycles. The molecule has 0 radical (unpaired) electrons. The molecule has 6 nitrogen and oxygen atoms in total. The van der Waals surface area contributed by atoms with Crippen molar-refractivity contribution in [2.24, 2.45) is 5.92 Å². The van der Waals surface area contributed by atoms with Gasteiger partial charge in [0.15, 0.2) is 0 Å². The van der Waals surface area contributed by atoms with Crippen LogP contribution in [0.1, 0.15) is 43.2 Å². The molecule has 0 saturated heterocycles. The number of hydrogen-bond donors (Lipinski definition) is 2. The third kappa shape index (κ3) is 3.82. The maximum Gasteiger partial charge on any atom is 0.305 e. The highest BCUT2D eigenvalue weighted by Gasteiger charge is 2.33.